The summed E-state index contributed by atoms with van der Waals surface area (Å²) in [5.41, 5.74) is 3.94. The highest BCUT2D eigenvalue weighted by Crippen LogP contribution is 2.41. The summed E-state index contributed by atoms with van der Waals surface area (Å²) in [6.07, 6.45) is 4.79. The fraction of sp³-hybridized carbons (Fsp3) is 0.529. The van der Waals surface area contributed by atoms with E-state index >= 15 is 0 Å². The zero-order chi connectivity index (χ0) is 16.8. The summed E-state index contributed by atoms with van der Waals surface area (Å²) >= 11 is 0. The lowest BCUT2D eigenvalue weighted by Gasteiger charge is -2.28. The van der Waals surface area contributed by atoms with Crippen LogP contribution in [0.5, 0.6) is 0 Å². The molecule has 3 heterocycles. The summed E-state index contributed by atoms with van der Waals surface area (Å²) in [6, 6.07) is 2.03. The molecule has 126 valence electrons. The van der Waals surface area contributed by atoms with E-state index in [1.54, 1.807) is 6.20 Å². The summed E-state index contributed by atoms with van der Waals surface area (Å²) in [5, 5.41) is 12.9. The minimum Gasteiger partial charge on any atom is -0.361 e. The van der Waals surface area contributed by atoms with Gasteiger partial charge in [0.25, 0.3) is 5.91 Å². The van der Waals surface area contributed by atoms with Crippen LogP contribution < -0.4 is 4.90 Å². The number of rotatable bonds is 3. The molecule has 0 atom stereocenters. The Hall–Kier alpha value is -2.44. The molecule has 1 fully saturated rings. The Morgan fingerprint density at radius 3 is 2.79 bits per heavy atom. The molecule has 7 heteroatoms. The molecular formula is C17H22N6O. The molecule has 1 saturated carbocycles. The highest BCUT2D eigenvalue weighted by molar-refractivity contribution is 5.95. The summed E-state index contributed by atoms with van der Waals surface area (Å²) in [4.78, 5) is 16.9. The molecule has 2 aliphatic rings. The zero-order valence-corrected chi connectivity index (χ0v) is 14.4. The third-order valence-corrected chi connectivity index (χ3v) is 4.85. The molecule has 1 aliphatic carbocycles. The maximum atomic E-state index is 13.0. The lowest BCUT2D eigenvalue weighted by atomic mass is 10.0. The van der Waals surface area contributed by atoms with Crippen molar-refractivity contribution in [2.75, 3.05) is 25.5 Å². The van der Waals surface area contributed by atoms with Gasteiger partial charge in [0, 0.05) is 46.6 Å². The molecule has 0 saturated heterocycles. The maximum absolute atomic E-state index is 13.0. The largest absolute Gasteiger partial charge is 0.361 e. The average molecular weight is 326 g/mol. The second kappa shape index (κ2) is 5.58. The number of nitrogens with zero attached hydrogens (tertiary/aromatic N) is 6. The van der Waals surface area contributed by atoms with Crippen LogP contribution >= 0.6 is 0 Å². The van der Waals surface area contributed by atoms with Gasteiger partial charge in [0.15, 0.2) is 5.82 Å². The zero-order valence-electron chi connectivity index (χ0n) is 14.4. The van der Waals surface area contributed by atoms with E-state index in [0.29, 0.717) is 19.0 Å². The molecule has 4 rings (SSSR count). The maximum Gasteiger partial charge on any atom is 0.257 e. The van der Waals surface area contributed by atoms with Gasteiger partial charge in [0.1, 0.15) is 0 Å². The van der Waals surface area contributed by atoms with E-state index in [1.165, 1.54) is 0 Å². The quantitative estimate of drug-likeness (QED) is 0.852. The van der Waals surface area contributed by atoms with Crippen molar-refractivity contribution >= 4 is 11.7 Å². The fourth-order valence-corrected chi connectivity index (χ4v) is 3.33. The molecule has 1 aliphatic heterocycles. The fourth-order valence-electron chi connectivity index (χ4n) is 3.33. The van der Waals surface area contributed by atoms with Gasteiger partial charge in [-0.25, -0.2) is 0 Å². The SMILES string of the molecule is CN(C)c1cc2c(nn1)CCN(C(=O)c1cnn(C)c1C1CC1)C2. The van der Waals surface area contributed by atoms with Crippen molar-refractivity contribution in [1.82, 2.24) is 24.9 Å². The van der Waals surface area contributed by atoms with Crippen LogP contribution in [-0.2, 0) is 20.0 Å². The standard InChI is InChI=1S/C17H22N6O/c1-21(2)15-8-12-10-23(7-6-14(12)19-20-15)17(24)13-9-18-22(3)16(13)11-4-5-11/h8-9,11H,4-7,10H2,1-3H3. The molecule has 0 spiro atoms. The molecule has 7 nitrogen and oxygen atoms in total. The molecule has 0 N–H and O–H groups in total. The van der Waals surface area contributed by atoms with Crippen molar-refractivity contribution < 1.29 is 4.79 Å². The van der Waals surface area contributed by atoms with Crippen molar-refractivity contribution in [1.29, 1.82) is 0 Å². The number of aryl methyl sites for hydroxylation is 1. The Labute approximate surface area is 141 Å². The second-order valence-electron chi connectivity index (χ2n) is 6.89. The Morgan fingerprint density at radius 1 is 1.29 bits per heavy atom. The van der Waals surface area contributed by atoms with Crippen LogP contribution in [0.15, 0.2) is 12.3 Å². The van der Waals surface area contributed by atoms with Gasteiger partial charge in [0.05, 0.1) is 23.1 Å². The van der Waals surface area contributed by atoms with Gasteiger partial charge in [-0.3, -0.25) is 9.48 Å². The van der Waals surface area contributed by atoms with Crippen molar-refractivity contribution in [3.05, 3.63) is 34.8 Å². The molecular weight excluding hydrogens is 304 g/mol. The van der Waals surface area contributed by atoms with Gasteiger partial charge in [0.2, 0.25) is 0 Å². The Kier molecular flexibility index (Phi) is 3.51. The van der Waals surface area contributed by atoms with E-state index in [4.69, 9.17) is 0 Å². The number of carbonyl (C=O) groups is 1. The van der Waals surface area contributed by atoms with E-state index in [2.05, 4.69) is 15.3 Å². The summed E-state index contributed by atoms with van der Waals surface area (Å²) in [5.74, 6) is 1.40. The molecule has 0 bridgehead atoms. The Bertz CT molecular complexity index is 792. The van der Waals surface area contributed by atoms with Gasteiger partial charge in [-0.15, -0.1) is 5.10 Å². The summed E-state index contributed by atoms with van der Waals surface area (Å²) < 4.78 is 1.86. The normalized spacial score (nSPS) is 16.9. The number of aromatic nitrogens is 4. The third kappa shape index (κ3) is 2.53. The average Bonchev–Trinajstić information content (AvgIpc) is 3.35. The van der Waals surface area contributed by atoms with E-state index in [9.17, 15) is 4.79 Å². The summed E-state index contributed by atoms with van der Waals surface area (Å²) in [6.45, 7) is 1.27. The van der Waals surface area contributed by atoms with Crippen molar-refractivity contribution in [2.45, 2.75) is 31.7 Å². The van der Waals surface area contributed by atoms with E-state index in [1.807, 2.05) is 41.7 Å². The van der Waals surface area contributed by atoms with Crippen LogP contribution in [0.4, 0.5) is 5.82 Å². The first-order valence-electron chi connectivity index (χ1n) is 8.38. The number of fused-ring (bicyclic) bond motifs is 1. The lowest BCUT2D eigenvalue weighted by Crippen LogP contribution is -2.37. The van der Waals surface area contributed by atoms with Gasteiger partial charge in [-0.1, -0.05) is 0 Å². The predicted molar refractivity (Wildman–Crippen MR) is 90.0 cm³/mol. The van der Waals surface area contributed by atoms with Gasteiger partial charge >= 0.3 is 0 Å². The first kappa shape index (κ1) is 15.1. The molecule has 2 aromatic rings. The van der Waals surface area contributed by atoms with Crippen LogP contribution in [0.3, 0.4) is 0 Å². The smallest absolute Gasteiger partial charge is 0.257 e. The summed E-state index contributed by atoms with van der Waals surface area (Å²) in [7, 11) is 5.81. The monoisotopic (exact) mass is 326 g/mol. The van der Waals surface area contributed by atoms with Gasteiger partial charge < -0.3 is 9.80 Å². The number of carbonyl (C=O) groups excluding carboxylic acids is 1. The first-order valence-corrected chi connectivity index (χ1v) is 8.38. The van der Waals surface area contributed by atoms with E-state index < -0.39 is 0 Å². The molecule has 24 heavy (non-hydrogen) atoms. The minimum atomic E-state index is 0.0823. The minimum absolute atomic E-state index is 0.0823. The second-order valence-corrected chi connectivity index (χ2v) is 6.89. The molecule has 2 aromatic heterocycles. The van der Waals surface area contributed by atoms with Crippen molar-refractivity contribution in [2.24, 2.45) is 7.05 Å². The molecule has 0 radical (unpaired) electrons. The molecule has 0 unspecified atom stereocenters. The van der Waals surface area contributed by atoms with E-state index in [-0.39, 0.29) is 5.91 Å². The van der Waals surface area contributed by atoms with Crippen LogP contribution in [0.25, 0.3) is 0 Å². The lowest BCUT2D eigenvalue weighted by molar-refractivity contribution is 0.0732. The number of anilines is 1. The van der Waals surface area contributed by atoms with Crippen LogP contribution in [-0.4, -0.2) is 51.4 Å². The number of hydrogen-bond donors (Lipinski definition) is 0. The molecule has 0 aromatic carbocycles. The Balaban J connectivity index is 1.60. The number of hydrogen-bond acceptors (Lipinski definition) is 5. The van der Waals surface area contributed by atoms with Crippen molar-refractivity contribution in [3.8, 4) is 0 Å². The highest BCUT2D eigenvalue weighted by atomic mass is 16.2. The highest BCUT2D eigenvalue weighted by Gasteiger charge is 2.34. The van der Waals surface area contributed by atoms with Gasteiger partial charge in [-0.2, -0.15) is 10.2 Å². The van der Waals surface area contributed by atoms with E-state index in [0.717, 1.165) is 47.6 Å². The molecule has 1 amide bonds. The van der Waals surface area contributed by atoms with Crippen molar-refractivity contribution in [3.63, 3.8) is 0 Å². The predicted octanol–water partition coefficient (Wildman–Crippen LogP) is 1.35. The topological polar surface area (TPSA) is 67.2 Å². The van der Waals surface area contributed by atoms with Crippen LogP contribution in [0.1, 0.15) is 46.1 Å². The van der Waals surface area contributed by atoms with Crippen LogP contribution in [0, 0.1) is 0 Å². The number of amides is 1. The van der Waals surface area contributed by atoms with Crippen LogP contribution in [0.2, 0.25) is 0 Å². The van der Waals surface area contributed by atoms with Gasteiger partial charge in [-0.05, 0) is 24.5 Å². The first-order chi connectivity index (χ1) is 11.5. The third-order valence-electron chi connectivity index (χ3n) is 4.85. The Morgan fingerprint density at radius 2 is 2.08 bits per heavy atom.